The molecule has 3 aromatic rings. The van der Waals surface area contributed by atoms with E-state index in [1.165, 1.54) is 30.0 Å². The molecule has 9 nitrogen and oxygen atoms in total. The van der Waals surface area contributed by atoms with Gasteiger partial charge in [-0.25, -0.2) is 0 Å². The van der Waals surface area contributed by atoms with Gasteiger partial charge in [0.25, 0.3) is 5.69 Å². The number of aryl methyl sites for hydroxylation is 1. The van der Waals surface area contributed by atoms with Gasteiger partial charge in [0.2, 0.25) is 5.91 Å². The quantitative estimate of drug-likeness (QED) is 0.269. The van der Waals surface area contributed by atoms with Crippen molar-refractivity contribution in [1.82, 2.24) is 14.8 Å². The van der Waals surface area contributed by atoms with Crippen LogP contribution in [0.25, 0.3) is 0 Å². The zero-order chi connectivity index (χ0) is 23.3. The highest BCUT2D eigenvalue weighted by Gasteiger charge is 2.16. The minimum absolute atomic E-state index is 0.0367. The minimum Gasteiger partial charge on any atom is -0.485 e. The lowest BCUT2D eigenvalue weighted by molar-refractivity contribution is -0.384. The summed E-state index contributed by atoms with van der Waals surface area (Å²) in [5.41, 5.74) is 2.24. The summed E-state index contributed by atoms with van der Waals surface area (Å²) < 4.78 is 7.80. The van der Waals surface area contributed by atoms with Crippen molar-refractivity contribution in [2.75, 3.05) is 11.1 Å². The third-order valence-electron chi connectivity index (χ3n) is 4.79. The molecule has 11 heteroatoms. The molecule has 2 aromatic carbocycles. The molecule has 0 aliphatic heterocycles. The number of hydrogen-bond acceptors (Lipinski definition) is 7. The van der Waals surface area contributed by atoms with Gasteiger partial charge in [0.05, 0.1) is 21.4 Å². The summed E-state index contributed by atoms with van der Waals surface area (Å²) in [5.74, 6) is 1.11. The smallest absolute Gasteiger partial charge is 0.271 e. The number of nitro groups is 1. The highest BCUT2D eigenvalue weighted by atomic mass is 35.5. The molecule has 0 radical (unpaired) electrons. The van der Waals surface area contributed by atoms with Crippen LogP contribution in [0.3, 0.4) is 0 Å². The molecule has 1 amide bonds. The van der Waals surface area contributed by atoms with Gasteiger partial charge in [0.1, 0.15) is 12.4 Å². The summed E-state index contributed by atoms with van der Waals surface area (Å²) in [4.78, 5) is 22.7. The summed E-state index contributed by atoms with van der Waals surface area (Å²) in [5, 5.41) is 22.7. The van der Waals surface area contributed by atoms with E-state index in [4.69, 9.17) is 16.3 Å². The molecule has 1 heterocycles. The fourth-order valence-electron chi connectivity index (χ4n) is 2.91. The van der Waals surface area contributed by atoms with Crippen LogP contribution < -0.4 is 10.1 Å². The molecule has 0 saturated heterocycles. The number of nitrogens with zero attached hydrogens (tertiary/aromatic N) is 4. The SMILES string of the molecule is CCn1c(COc2cccc(C)c2C)nnc1SCC(=O)Nc1cc([N+](=O)[O-])ccc1Cl. The molecule has 1 aromatic heterocycles. The highest BCUT2D eigenvalue weighted by Crippen LogP contribution is 2.27. The van der Waals surface area contributed by atoms with Crippen LogP contribution in [0.4, 0.5) is 11.4 Å². The number of nitro benzene ring substituents is 1. The lowest BCUT2D eigenvalue weighted by Crippen LogP contribution is -2.15. The number of thioether (sulfide) groups is 1. The van der Waals surface area contributed by atoms with Gasteiger partial charge in [0, 0.05) is 18.7 Å². The predicted molar refractivity (Wildman–Crippen MR) is 123 cm³/mol. The molecule has 1 N–H and O–H groups in total. The zero-order valence-corrected chi connectivity index (χ0v) is 19.4. The van der Waals surface area contributed by atoms with E-state index in [2.05, 4.69) is 15.5 Å². The number of hydrogen-bond donors (Lipinski definition) is 1. The van der Waals surface area contributed by atoms with Crippen LogP contribution in [0, 0.1) is 24.0 Å². The van der Waals surface area contributed by atoms with Crippen molar-refractivity contribution in [2.24, 2.45) is 0 Å². The second-order valence-electron chi connectivity index (χ2n) is 6.89. The largest absolute Gasteiger partial charge is 0.485 e. The minimum atomic E-state index is -0.549. The Kier molecular flexibility index (Phi) is 7.70. The van der Waals surface area contributed by atoms with E-state index in [1.54, 1.807) is 0 Å². The number of amides is 1. The number of aromatic nitrogens is 3. The molecule has 0 atom stereocenters. The summed E-state index contributed by atoms with van der Waals surface area (Å²) in [7, 11) is 0. The maximum Gasteiger partial charge on any atom is 0.271 e. The van der Waals surface area contributed by atoms with E-state index < -0.39 is 4.92 Å². The number of carbonyl (C=O) groups excluding carboxylic acids is 1. The Labute approximate surface area is 194 Å². The Bertz CT molecular complexity index is 1150. The number of nitrogens with one attached hydrogen (secondary N) is 1. The molecule has 32 heavy (non-hydrogen) atoms. The zero-order valence-electron chi connectivity index (χ0n) is 17.8. The Morgan fingerprint density at radius 1 is 1.28 bits per heavy atom. The van der Waals surface area contributed by atoms with Gasteiger partial charge in [-0.2, -0.15) is 0 Å². The molecule has 168 valence electrons. The maximum atomic E-state index is 12.4. The first-order valence-electron chi connectivity index (χ1n) is 9.77. The van der Waals surface area contributed by atoms with Crippen LogP contribution >= 0.6 is 23.4 Å². The van der Waals surface area contributed by atoms with Gasteiger partial charge >= 0.3 is 0 Å². The molecule has 0 aliphatic rings. The number of rotatable bonds is 9. The van der Waals surface area contributed by atoms with Crippen LogP contribution in [0.5, 0.6) is 5.75 Å². The lowest BCUT2D eigenvalue weighted by Gasteiger charge is -2.12. The number of ether oxygens (including phenoxy) is 1. The highest BCUT2D eigenvalue weighted by molar-refractivity contribution is 7.99. The molecule has 0 fully saturated rings. The summed E-state index contributed by atoms with van der Waals surface area (Å²) in [6.45, 7) is 6.85. The maximum absolute atomic E-state index is 12.4. The van der Waals surface area contributed by atoms with Crippen molar-refractivity contribution in [1.29, 1.82) is 0 Å². The molecule has 0 aliphatic carbocycles. The first kappa shape index (κ1) is 23.6. The second-order valence-corrected chi connectivity index (χ2v) is 8.24. The molecule has 0 spiro atoms. The molecular formula is C21H22ClN5O4S. The van der Waals surface area contributed by atoms with Gasteiger partial charge in [-0.1, -0.05) is 35.5 Å². The van der Waals surface area contributed by atoms with Gasteiger partial charge in [-0.15, -0.1) is 10.2 Å². The predicted octanol–water partition coefficient (Wildman–Crippen LogP) is 4.79. The first-order valence-corrected chi connectivity index (χ1v) is 11.1. The number of anilines is 1. The fraction of sp³-hybridized carbons (Fsp3) is 0.286. The van der Waals surface area contributed by atoms with Crippen LogP contribution in [0.1, 0.15) is 23.9 Å². The third-order valence-corrected chi connectivity index (χ3v) is 6.08. The summed E-state index contributed by atoms with van der Waals surface area (Å²) in [6.07, 6.45) is 0. The van der Waals surface area contributed by atoms with Gasteiger partial charge in [-0.3, -0.25) is 14.9 Å². The summed E-state index contributed by atoms with van der Waals surface area (Å²) in [6, 6.07) is 9.75. The number of benzene rings is 2. The van der Waals surface area contributed by atoms with Crippen LogP contribution in [0.15, 0.2) is 41.6 Å². The molecular weight excluding hydrogens is 454 g/mol. The summed E-state index contributed by atoms with van der Waals surface area (Å²) >= 11 is 7.24. The average molecular weight is 476 g/mol. The Balaban J connectivity index is 1.63. The average Bonchev–Trinajstić information content (AvgIpc) is 3.16. The molecule has 0 unspecified atom stereocenters. The van der Waals surface area contributed by atoms with Crippen molar-refractivity contribution in [3.05, 3.63) is 68.5 Å². The Hall–Kier alpha value is -3.11. The van der Waals surface area contributed by atoms with E-state index in [0.717, 1.165) is 16.9 Å². The first-order chi connectivity index (χ1) is 15.3. The van der Waals surface area contributed by atoms with Crippen molar-refractivity contribution >= 4 is 40.6 Å². The lowest BCUT2D eigenvalue weighted by atomic mass is 10.1. The topological polar surface area (TPSA) is 112 Å². The standard InChI is InChI=1S/C21H22ClN5O4S/c1-4-26-19(11-31-18-7-5-6-13(2)14(18)3)24-25-21(26)32-12-20(28)23-17-10-15(27(29)30)8-9-16(17)22/h5-10H,4,11-12H2,1-3H3,(H,23,28). The van der Waals surface area contributed by atoms with E-state index in [9.17, 15) is 14.9 Å². The molecule has 3 rings (SSSR count). The van der Waals surface area contributed by atoms with Crippen LogP contribution in [0.2, 0.25) is 5.02 Å². The van der Waals surface area contributed by atoms with E-state index in [-0.39, 0.29) is 34.7 Å². The van der Waals surface area contributed by atoms with Gasteiger partial charge < -0.3 is 14.6 Å². The Morgan fingerprint density at radius 2 is 2.06 bits per heavy atom. The van der Waals surface area contributed by atoms with Crippen molar-refractivity contribution in [3.63, 3.8) is 0 Å². The van der Waals surface area contributed by atoms with Crippen molar-refractivity contribution in [2.45, 2.75) is 39.1 Å². The third kappa shape index (κ3) is 5.57. The van der Waals surface area contributed by atoms with Crippen LogP contribution in [-0.2, 0) is 17.9 Å². The molecule has 0 bridgehead atoms. The number of halogens is 1. The fourth-order valence-corrected chi connectivity index (χ4v) is 3.90. The van der Waals surface area contributed by atoms with Crippen molar-refractivity contribution in [3.8, 4) is 5.75 Å². The number of non-ortho nitro benzene ring substituents is 1. The monoisotopic (exact) mass is 475 g/mol. The number of carbonyl (C=O) groups is 1. The van der Waals surface area contributed by atoms with Gasteiger partial charge in [0.15, 0.2) is 11.0 Å². The van der Waals surface area contributed by atoms with E-state index >= 15 is 0 Å². The van der Waals surface area contributed by atoms with Crippen molar-refractivity contribution < 1.29 is 14.5 Å². The second kappa shape index (κ2) is 10.5. The Morgan fingerprint density at radius 3 is 2.78 bits per heavy atom. The van der Waals surface area contributed by atoms with E-state index in [1.807, 2.05) is 43.5 Å². The molecule has 0 saturated carbocycles. The van der Waals surface area contributed by atoms with Crippen LogP contribution in [-0.4, -0.2) is 31.3 Å². The normalized spacial score (nSPS) is 10.8. The van der Waals surface area contributed by atoms with E-state index in [0.29, 0.717) is 17.5 Å². The van der Waals surface area contributed by atoms with Gasteiger partial charge in [-0.05, 0) is 44.0 Å².